The molecule has 1 atom stereocenters. The van der Waals surface area contributed by atoms with Gasteiger partial charge in [0.1, 0.15) is 5.75 Å². The normalized spacial score (nSPS) is 20.1. The third kappa shape index (κ3) is 1.71. The number of anilines is 1. The van der Waals surface area contributed by atoms with Gasteiger partial charge in [-0.25, -0.2) is 0 Å². The van der Waals surface area contributed by atoms with Gasteiger partial charge in [-0.05, 0) is 37.1 Å². The van der Waals surface area contributed by atoms with E-state index in [2.05, 4.69) is 23.1 Å². The van der Waals surface area contributed by atoms with E-state index >= 15 is 0 Å². The van der Waals surface area contributed by atoms with Gasteiger partial charge in [-0.2, -0.15) is 0 Å². The van der Waals surface area contributed by atoms with Crippen molar-refractivity contribution < 1.29 is 4.74 Å². The molecule has 2 aromatic rings. The van der Waals surface area contributed by atoms with Gasteiger partial charge in [-0.3, -0.25) is 0 Å². The van der Waals surface area contributed by atoms with Crippen LogP contribution in [0.1, 0.15) is 24.4 Å². The molecule has 0 N–H and O–H groups in total. The Labute approximate surface area is 117 Å². The molecule has 0 amide bonds. The van der Waals surface area contributed by atoms with Crippen molar-refractivity contribution in [2.75, 3.05) is 11.4 Å². The van der Waals surface area contributed by atoms with Crippen LogP contribution in [0.4, 0.5) is 5.69 Å². The highest BCUT2D eigenvalue weighted by molar-refractivity contribution is 6.31. The Kier molecular flexibility index (Phi) is 2.46. The number of nitrogens with zero attached hydrogens (tertiary/aromatic N) is 1. The number of ether oxygens (including phenoxy) is 1. The minimum absolute atomic E-state index is 0.413. The Bertz CT molecular complexity index is 640. The summed E-state index contributed by atoms with van der Waals surface area (Å²) in [7, 11) is 0. The second-order valence-corrected chi connectivity index (χ2v) is 5.54. The fraction of sp³-hybridized carbons (Fsp3) is 0.250. The first kappa shape index (κ1) is 11.2. The molecular formula is C16H14ClNO. The minimum atomic E-state index is 0.413. The predicted octanol–water partition coefficient (Wildman–Crippen LogP) is 4.79. The zero-order chi connectivity index (χ0) is 12.8. The molecule has 0 saturated carbocycles. The molecule has 2 aromatic carbocycles. The summed E-state index contributed by atoms with van der Waals surface area (Å²) in [5, 5.41) is 0.763. The van der Waals surface area contributed by atoms with Crippen LogP contribution in [0.3, 0.4) is 0 Å². The van der Waals surface area contributed by atoms with Gasteiger partial charge in [-0.15, -0.1) is 0 Å². The number of rotatable bonds is 0. The van der Waals surface area contributed by atoms with Crippen molar-refractivity contribution in [3.05, 3.63) is 53.1 Å². The van der Waals surface area contributed by atoms with Crippen molar-refractivity contribution in [2.24, 2.45) is 0 Å². The van der Waals surface area contributed by atoms with Crippen LogP contribution in [-0.2, 0) is 0 Å². The van der Waals surface area contributed by atoms with Crippen LogP contribution in [0.2, 0.25) is 5.02 Å². The van der Waals surface area contributed by atoms with E-state index in [4.69, 9.17) is 16.3 Å². The van der Waals surface area contributed by atoms with Crippen LogP contribution in [0.15, 0.2) is 42.5 Å². The minimum Gasteiger partial charge on any atom is -0.455 e. The largest absolute Gasteiger partial charge is 0.455 e. The molecule has 0 spiro atoms. The van der Waals surface area contributed by atoms with E-state index in [0.717, 1.165) is 28.8 Å². The average Bonchev–Trinajstić information content (AvgIpc) is 2.86. The van der Waals surface area contributed by atoms with Crippen molar-refractivity contribution in [3.8, 4) is 11.5 Å². The summed E-state index contributed by atoms with van der Waals surface area (Å²) in [5.74, 6) is 1.88. The maximum absolute atomic E-state index is 6.15. The first-order chi connectivity index (χ1) is 9.33. The van der Waals surface area contributed by atoms with E-state index in [0.29, 0.717) is 6.04 Å². The van der Waals surface area contributed by atoms with Gasteiger partial charge in [0.05, 0.1) is 11.7 Å². The number of benzene rings is 2. The van der Waals surface area contributed by atoms with E-state index in [1.165, 1.54) is 18.4 Å². The Morgan fingerprint density at radius 3 is 2.95 bits per heavy atom. The van der Waals surface area contributed by atoms with Crippen molar-refractivity contribution in [3.63, 3.8) is 0 Å². The quantitative estimate of drug-likeness (QED) is 0.683. The monoisotopic (exact) mass is 271 g/mol. The molecule has 2 nitrogen and oxygen atoms in total. The van der Waals surface area contributed by atoms with E-state index < -0.39 is 0 Å². The molecule has 2 aliphatic heterocycles. The summed E-state index contributed by atoms with van der Waals surface area (Å²) in [5.41, 5.74) is 2.40. The number of halogens is 1. The van der Waals surface area contributed by atoms with Crippen LogP contribution >= 0.6 is 11.6 Å². The van der Waals surface area contributed by atoms with Gasteiger partial charge in [0.25, 0.3) is 0 Å². The smallest absolute Gasteiger partial charge is 0.150 e. The summed E-state index contributed by atoms with van der Waals surface area (Å²) in [4.78, 5) is 2.42. The van der Waals surface area contributed by atoms with Gasteiger partial charge >= 0.3 is 0 Å². The molecule has 0 bridgehead atoms. The maximum Gasteiger partial charge on any atom is 0.150 e. The van der Waals surface area contributed by atoms with Gasteiger partial charge in [0.15, 0.2) is 5.75 Å². The summed E-state index contributed by atoms with van der Waals surface area (Å²) < 4.78 is 6.09. The highest BCUT2D eigenvalue weighted by Crippen LogP contribution is 2.48. The topological polar surface area (TPSA) is 12.5 Å². The van der Waals surface area contributed by atoms with E-state index in [1.807, 2.05) is 24.3 Å². The SMILES string of the molecule is Clc1ccc2c(c1)N1CCCC1c1ccccc1O2. The van der Waals surface area contributed by atoms with E-state index in [9.17, 15) is 0 Å². The second-order valence-electron chi connectivity index (χ2n) is 5.10. The summed E-state index contributed by atoms with van der Waals surface area (Å²) >= 11 is 6.15. The number of hydrogen-bond acceptors (Lipinski definition) is 2. The fourth-order valence-corrected chi connectivity index (χ4v) is 3.31. The Balaban J connectivity index is 1.94. The van der Waals surface area contributed by atoms with Gasteiger partial charge in [0, 0.05) is 17.1 Å². The fourth-order valence-electron chi connectivity index (χ4n) is 3.15. The van der Waals surface area contributed by atoms with Crippen LogP contribution in [0.25, 0.3) is 0 Å². The zero-order valence-electron chi connectivity index (χ0n) is 10.5. The molecule has 2 aliphatic rings. The van der Waals surface area contributed by atoms with Crippen LogP contribution in [-0.4, -0.2) is 6.54 Å². The highest BCUT2D eigenvalue weighted by Gasteiger charge is 2.33. The van der Waals surface area contributed by atoms with Gasteiger partial charge < -0.3 is 9.64 Å². The van der Waals surface area contributed by atoms with Crippen molar-refractivity contribution in [1.82, 2.24) is 0 Å². The van der Waals surface area contributed by atoms with Crippen molar-refractivity contribution >= 4 is 17.3 Å². The zero-order valence-corrected chi connectivity index (χ0v) is 11.2. The first-order valence-corrected chi connectivity index (χ1v) is 7.04. The van der Waals surface area contributed by atoms with E-state index in [-0.39, 0.29) is 0 Å². The number of hydrogen-bond donors (Lipinski definition) is 0. The van der Waals surface area contributed by atoms with Crippen molar-refractivity contribution in [1.29, 1.82) is 0 Å². The average molecular weight is 272 g/mol. The molecule has 1 unspecified atom stereocenters. The first-order valence-electron chi connectivity index (χ1n) is 6.66. The third-order valence-corrected chi connectivity index (χ3v) is 4.22. The van der Waals surface area contributed by atoms with Gasteiger partial charge in [0.2, 0.25) is 0 Å². The number of para-hydroxylation sites is 1. The second kappa shape index (κ2) is 4.17. The Morgan fingerprint density at radius 2 is 2.00 bits per heavy atom. The molecule has 0 aliphatic carbocycles. The summed E-state index contributed by atoms with van der Waals surface area (Å²) in [6.07, 6.45) is 2.39. The summed E-state index contributed by atoms with van der Waals surface area (Å²) in [6, 6.07) is 14.6. The molecular weight excluding hydrogens is 258 g/mol. The molecule has 2 heterocycles. The number of fused-ring (bicyclic) bond motifs is 5. The summed E-state index contributed by atoms with van der Waals surface area (Å²) in [6.45, 7) is 1.07. The van der Waals surface area contributed by atoms with Crippen LogP contribution in [0.5, 0.6) is 11.5 Å². The van der Waals surface area contributed by atoms with Crippen molar-refractivity contribution in [2.45, 2.75) is 18.9 Å². The Hall–Kier alpha value is -1.67. The van der Waals surface area contributed by atoms with Crippen LogP contribution < -0.4 is 9.64 Å². The standard InChI is InChI=1S/C16H14ClNO/c17-11-7-8-16-14(10-11)18-9-3-5-13(18)12-4-1-2-6-15(12)19-16/h1-2,4,6-8,10,13H,3,5,9H2. The van der Waals surface area contributed by atoms with Crippen LogP contribution in [0, 0.1) is 0 Å². The lowest BCUT2D eigenvalue weighted by Gasteiger charge is -2.25. The maximum atomic E-state index is 6.15. The molecule has 1 saturated heterocycles. The molecule has 1 fully saturated rings. The molecule has 96 valence electrons. The highest BCUT2D eigenvalue weighted by atomic mass is 35.5. The molecule has 0 radical (unpaired) electrons. The van der Waals surface area contributed by atoms with Gasteiger partial charge in [-0.1, -0.05) is 29.8 Å². The molecule has 19 heavy (non-hydrogen) atoms. The Morgan fingerprint density at radius 1 is 1.11 bits per heavy atom. The third-order valence-electron chi connectivity index (χ3n) is 3.98. The lowest BCUT2D eigenvalue weighted by Crippen LogP contribution is -2.21. The molecule has 0 aromatic heterocycles. The lowest BCUT2D eigenvalue weighted by molar-refractivity contribution is 0.481. The molecule has 4 rings (SSSR count). The molecule has 3 heteroatoms. The van der Waals surface area contributed by atoms with E-state index in [1.54, 1.807) is 0 Å². The predicted molar refractivity (Wildman–Crippen MR) is 77.3 cm³/mol. The lowest BCUT2D eigenvalue weighted by atomic mass is 10.0.